The summed E-state index contributed by atoms with van der Waals surface area (Å²) in [4.78, 5) is 4.48. The molecule has 98 valence electrons. The van der Waals surface area contributed by atoms with Gasteiger partial charge in [-0.3, -0.25) is 4.98 Å². The lowest BCUT2D eigenvalue weighted by atomic mass is 10.0. The number of hydrogen-bond donors (Lipinski definition) is 0. The third-order valence-corrected chi connectivity index (χ3v) is 4.26. The monoisotopic (exact) mass is 435 g/mol. The van der Waals surface area contributed by atoms with Crippen molar-refractivity contribution < 1.29 is 0 Å². The van der Waals surface area contributed by atoms with Crippen LogP contribution < -0.4 is 0 Å². The first kappa shape index (κ1) is 13.8. The molecule has 1 aromatic heterocycles. The molecule has 0 spiro atoms. The zero-order valence-corrected chi connectivity index (χ0v) is 14.3. The fourth-order valence-electron chi connectivity index (χ4n) is 2.06. The molecule has 0 saturated carbocycles. The Balaban J connectivity index is 2.03. The van der Waals surface area contributed by atoms with Crippen molar-refractivity contribution in [1.29, 1.82) is 0 Å². The van der Waals surface area contributed by atoms with E-state index >= 15 is 0 Å². The molecule has 3 heteroatoms. The standard InChI is InChI=1S/C17H11BrIN/c18-15-6-4-12(5-7-15)13-8-9-20-17(11-13)14-2-1-3-16(19)10-14/h1-11H. The van der Waals surface area contributed by atoms with E-state index in [4.69, 9.17) is 0 Å². The molecule has 3 rings (SSSR count). The molecule has 1 nitrogen and oxygen atoms in total. The average molecular weight is 436 g/mol. The van der Waals surface area contributed by atoms with E-state index in [0.29, 0.717) is 0 Å². The highest BCUT2D eigenvalue weighted by Crippen LogP contribution is 2.26. The minimum absolute atomic E-state index is 1.00. The molecular weight excluding hydrogens is 425 g/mol. The number of nitrogens with zero attached hydrogens (tertiary/aromatic N) is 1. The van der Waals surface area contributed by atoms with Crippen LogP contribution in [0.25, 0.3) is 22.4 Å². The van der Waals surface area contributed by atoms with Gasteiger partial charge in [0.05, 0.1) is 5.69 Å². The van der Waals surface area contributed by atoms with Gasteiger partial charge in [0.1, 0.15) is 0 Å². The molecule has 0 unspecified atom stereocenters. The van der Waals surface area contributed by atoms with Crippen molar-refractivity contribution in [3.05, 3.63) is 74.9 Å². The fourth-order valence-corrected chi connectivity index (χ4v) is 2.87. The first-order chi connectivity index (χ1) is 9.72. The topological polar surface area (TPSA) is 12.9 Å². The SMILES string of the molecule is Brc1ccc(-c2ccnc(-c3cccc(I)c3)c2)cc1. The van der Waals surface area contributed by atoms with Gasteiger partial charge < -0.3 is 0 Å². The highest BCUT2D eigenvalue weighted by molar-refractivity contribution is 14.1. The number of benzene rings is 2. The van der Waals surface area contributed by atoms with E-state index < -0.39 is 0 Å². The highest BCUT2D eigenvalue weighted by atomic mass is 127. The summed E-state index contributed by atoms with van der Waals surface area (Å²) in [7, 11) is 0. The molecule has 0 aliphatic heterocycles. The van der Waals surface area contributed by atoms with Gasteiger partial charge in [-0.2, -0.15) is 0 Å². The number of pyridine rings is 1. The molecule has 0 fully saturated rings. The highest BCUT2D eigenvalue weighted by Gasteiger charge is 2.03. The van der Waals surface area contributed by atoms with Crippen LogP contribution in [0.15, 0.2) is 71.3 Å². The maximum Gasteiger partial charge on any atom is 0.0708 e. The van der Waals surface area contributed by atoms with Crippen LogP contribution in [0.3, 0.4) is 0 Å². The Morgan fingerprint density at radius 2 is 1.60 bits per heavy atom. The minimum Gasteiger partial charge on any atom is -0.256 e. The second kappa shape index (κ2) is 6.06. The van der Waals surface area contributed by atoms with Crippen molar-refractivity contribution >= 4 is 38.5 Å². The van der Waals surface area contributed by atoms with Crippen LogP contribution in [0.4, 0.5) is 0 Å². The van der Waals surface area contributed by atoms with Gasteiger partial charge in [-0.15, -0.1) is 0 Å². The zero-order chi connectivity index (χ0) is 13.9. The van der Waals surface area contributed by atoms with Crippen LogP contribution in [-0.2, 0) is 0 Å². The number of aromatic nitrogens is 1. The largest absolute Gasteiger partial charge is 0.256 e. The number of hydrogen-bond acceptors (Lipinski definition) is 1. The lowest BCUT2D eigenvalue weighted by Gasteiger charge is -2.06. The van der Waals surface area contributed by atoms with E-state index in [1.54, 1.807) is 0 Å². The fraction of sp³-hybridized carbons (Fsp3) is 0. The van der Waals surface area contributed by atoms with Crippen LogP contribution in [0.2, 0.25) is 0 Å². The summed E-state index contributed by atoms with van der Waals surface area (Å²) >= 11 is 5.79. The molecule has 20 heavy (non-hydrogen) atoms. The van der Waals surface area contributed by atoms with E-state index in [-0.39, 0.29) is 0 Å². The smallest absolute Gasteiger partial charge is 0.0708 e. The van der Waals surface area contributed by atoms with Gasteiger partial charge >= 0.3 is 0 Å². The number of halogens is 2. The van der Waals surface area contributed by atoms with Crippen LogP contribution >= 0.6 is 38.5 Å². The molecule has 0 aliphatic rings. The summed E-state index contributed by atoms with van der Waals surface area (Å²) in [5, 5.41) is 0. The van der Waals surface area contributed by atoms with Gasteiger partial charge in [-0.05, 0) is 70.1 Å². The van der Waals surface area contributed by atoms with Crippen LogP contribution in [0.1, 0.15) is 0 Å². The van der Waals surface area contributed by atoms with Crippen molar-refractivity contribution in [2.75, 3.05) is 0 Å². The normalized spacial score (nSPS) is 10.5. The molecule has 0 aliphatic carbocycles. The molecule has 0 amide bonds. The van der Waals surface area contributed by atoms with Crippen LogP contribution in [0, 0.1) is 3.57 Å². The van der Waals surface area contributed by atoms with Gasteiger partial charge in [0.2, 0.25) is 0 Å². The van der Waals surface area contributed by atoms with Gasteiger partial charge in [0, 0.05) is 19.8 Å². The molecule has 0 radical (unpaired) electrons. The average Bonchev–Trinajstić information content (AvgIpc) is 2.48. The molecule has 0 atom stereocenters. The second-order valence-electron chi connectivity index (χ2n) is 4.45. The van der Waals surface area contributed by atoms with Crippen LogP contribution in [-0.4, -0.2) is 4.98 Å². The Morgan fingerprint density at radius 1 is 0.800 bits per heavy atom. The molecule has 1 heterocycles. The number of rotatable bonds is 2. The third-order valence-electron chi connectivity index (χ3n) is 3.06. The van der Waals surface area contributed by atoms with E-state index in [2.05, 4.69) is 98.1 Å². The first-order valence-corrected chi connectivity index (χ1v) is 8.07. The molecule has 0 N–H and O–H groups in total. The molecule has 3 aromatic rings. The molecular formula is C17H11BrIN. The van der Waals surface area contributed by atoms with E-state index in [9.17, 15) is 0 Å². The van der Waals surface area contributed by atoms with Crippen LogP contribution in [0.5, 0.6) is 0 Å². The lowest BCUT2D eigenvalue weighted by molar-refractivity contribution is 1.32. The van der Waals surface area contributed by atoms with Gasteiger partial charge in [-0.25, -0.2) is 0 Å². The Bertz CT molecular complexity index is 738. The van der Waals surface area contributed by atoms with Crippen molar-refractivity contribution in [3.63, 3.8) is 0 Å². The lowest BCUT2D eigenvalue weighted by Crippen LogP contribution is -1.86. The summed E-state index contributed by atoms with van der Waals surface area (Å²) in [5.74, 6) is 0. The van der Waals surface area contributed by atoms with E-state index in [1.165, 1.54) is 14.7 Å². The Kier molecular flexibility index (Phi) is 4.17. The minimum atomic E-state index is 1.00. The van der Waals surface area contributed by atoms with Gasteiger partial charge in [-0.1, -0.05) is 40.2 Å². The predicted molar refractivity (Wildman–Crippen MR) is 95.5 cm³/mol. The zero-order valence-electron chi connectivity index (χ0n) is 10.6. The Hall–Kier alpha value is -1.20. The van der Waals surface area contributed by atoms with Crippen molar-refractivity contribution in [2.45, 2.75) is 0 Å². The first-order valence-electron chi connectivity index (χ1n) is 6.20. The van der Waals surface area contributed by atoms with E-state index in [0.717, 1.165) is 15.7 Å². The summed E-state index contributed by atoms with van der Waals surface area (Å²) in [6.45, 7) is 0. The maximum absolute atomic E-state index is 4.48. The summed E-state index contributed by atoms with van der Waals surface area (Å²) < 4.78 is 2.31. The molecule has 0 saturated heterocycles. The Labute approximate surface area is 140 Å². The van der Waals surface area contributed by atoms with Gasteiger partial charge in [0.25, 0.3) is 0 Å². The Morgan fingerprint density at radius 3 is 2.35 bits per heavy atom. The summed E-state index contributed by atoms with van der Waals surface area (Å²) in [6, 6.07) is 20.9. The predicted octanol–water partition coefficient (Wildman–Crippen LogP) is 5.78. The molecule has 2 aromatic carbocycles. The molecule has 0 bridgehead atoms. The summed E-state index contributed by atoms with van der Waals surface area (Å²) in [6.07, 6.45) is 1.87. The van der Waals surface area contributed by atoms with Gasteiger partial charge in [0.15, 0.2) is 0 Å². The van der Waals surface area contributed by atoms with E-state index in [1.807, 2.05) is 12.3 Å². The van der Waals surface area contributed by atoms with Crippen molar-refractivity contribution in [1.82, 2.24) is 4.98 Å². The quantitative estimate of drug-likeness (QED) is 0.464. The van der Waals surface area contributed by atoms with Crippen molar-refractivity contribution in [2.24, 2.45) is 0 Å². The maximum atomic E-state index is 4.48. The van der Waals surface area contributed by atoms with Crippen molar-refractivity contribution in [3.8, 4) is 22.4 Å². The second-order valence-corrected chi connectivity index (χ2v) is 6.61. The summed E-state index contributed by atoms with van der Waals surface area (Å²) in [5.41, 5.74) is 4.53. The third kappa shape index (κ3) is 3.10.